The molecule has 0 aromatic heterocycles. The largest absolute Gasteiger partial charge is 0.493 e. The molecule has 0 amide bonds. The summed E-state index contributed by atoms with van der Waals surface area (Å²) < 4.78 is 26.9. The summed E-state index contributed by atoms with van der Waals surface area (Å²) in [5.41, 5.74) is 1.02. The van der Waals surface area contributed by atoms with Gasteiger partial charge in [0.1, 0.15) is 22.7 Å². The molecule has 0 radical (unpaired) electrons. The number of allylic oxidation sites excluding steroid dienone is 2. The van der Waals surface area contributed by atoms with Crippen LogP contribution < -0.4 is 9.47 Å². The Morgan fingerprint density at radius 1 is 0.684 bits per heavy atom. The van der Waals surface area contributed by atoms with Crippen molar-refractivity contribution in [2.45, 2.75) is 50.7 Å². The topological polar surface area (TPSA) is 71.1 Å². The van der Waals surface area contributed by atoms with Gasteiger partial charge in [0.05, 0.1) is 24.4 Å². The van der Waals surface area contributed by atoms with Crippen molar-refractivity contribution in [2.75, 3.05) is 13.2 Å². The van der Waals surface area contributed by atoms with Crippen molar-refractivity contribution in [3.05, 3.63) is 79.1 Å². The number of benzene rings is 2. The SMILES string of the molecule is CC1(C)OC2=C(C(=O)C3=C(C2=O)[C@H]2c4cc(Br)ccc4OC[C@H]2C(C)(C)O3)[C@H]2c3cc(Br)ccc3OC[C@H]21. The molecule has 38 heavy (non-hydrogen) atoms. The maximum Gasteiger partial charge on any atom is 0.228 e. The van der Waals surface area contributed by atoms with Crippen LogP contribution in [-0.2, 0) is 19.1 Å². The van der Waals surface area contributed by atoms with E-state index in [1.165, 1.54) is 0 Å². The third-order valence-corrected chi connectivity index (χ3v) is 9.77. The molecular formula is C30H26Br2O6. The summed E-state index contributed by atoms with van der Waals surface area (Å²) in [5, 5.41) is 0. The van der Waals surface area contributed by atoms with E-state index in [0.29, 0.717) is 35.9 Å². The van der Waals surface area contributed by atoms with Crippen molar-refractivity contribution in [3.8, 4) is 11.5 Å². The molecule has 8 heteroatoms. The lowest BCUT2D eigenvalue weighted by molar-refractivity contribution is -0.139. The number of halogens is 2. The summed E-state index contributed by atoms with van der Waals surface area (Å²) in [6.45, 7) is 8.62. The Hall–Kier alpha value is -2.58. The standard InChI is InChI=1S/C30H26Br2O6/c1-29(2)17-11-35-19-7-5-13(31)9-15(19)21(17)23-26(34)28-24(25(33)27(23)37-29)22-16-10-14(32)6-8-20(16)36-12-18(22)30(3,4)38-28/h5-10,17-18,21-22H,11-12H2,1-4H3/t17-,18-,21+,22+/m1/s1. The molecule has 0 unspecified atom stereocenters. The van der Waals surface area contributed by atoms with Crippen molar-refractivity contribution in [1.29, 1.82) is 0 Å². The van der Waals surface area contributed by atoms with Crippen LogP contribution in [0.1, 0.15) is 50.7 Å². The number of carbonyl (C=O) groups is 2. The molecule has 4 atom stereocenters. The average Bonchev–Trinajstić information content (AvgIpc) is 2.86. The quantitative estimate of drug-likeness (QED) is 0.311. The highest BCUT2D eigenvalue weighted by atomic mass is 79.9. The lowest BCUT2D eigenvalue weighted by Crippen LogP contribution is -2.54. The highest BCUT2D eigenvalue weighted by Crippen LogP contribution is 2.58. The number of hydrogen-bond acceptors (Lipinski definition) is 6. The minimum Gasteiger partial charge on any atom is -0.493 e. The van der Waals surface area contributed by atoms with Crippen molar-refractivity contribution in [1.82, 2.24) is 0 Å². The highest BCUT2D eigenvalue weighted by Gasteiger charge is 2.59. The van der Waals surface area contributed by atoms with Crippen molar-refractivity contribution in [2.24, 2.45) is 11.8 Å². The second-order valence-electron chi connectivity index (χ2n) is 11.7. The van der Waals surface area contributed by atoms with Crippen molar-refractivity contribution in [3.63, 3.8) is 0 Å². The molecule has 7 rings (SSSR count). The van der Waals surface area contributed by atoms with Gasteiger partial charge in [-0.2, -0.15) is 0 Å². The molecule has 1 aliphatic carbocycles. The number of Topliss-reactive ketones (excluding diaryl/α,β-unsaturated/α-hetero) is 2. The fourth-order valence-electron chi connectivity index (χ4n) is 6.83. The minimum absolute atomic E-state index is 0.137. The summed E-state index contributed by atoms with van der Waals surface area (Å²) in [6.07, 6.45) is 0. The van der Waals surface area contributed by atoms with Gasteiger partial charge in [-0.15, -0.1) is 0 Å². The molecule has 2 aromatic carbocycles. The zero-order chi connectivity index (χ0) is 26.7. The van der Waals surface area contributed by atoms with Crippen LogP contribution in [-0.4, -0.2) is 36.0 Å². The molecule has 0 saturated heterocycles. The van der Waals surface area contributed by atoms with E-state index in [1.54, 1.807) is 0 Å². The molecule has 0 bridgehead atoms. The van der Waals surface area contributed by atoms with E-state index >= 15 is 0 Å². The Bertz CT molecular complexity index is 1400. The summed E-state index contributed by atoms with van der Waals surface area (Å²) in [7, 11) is 0. The van der Waals surface area contributed by atoms with Gasteiger partial charge in [0.15, 0.2) is 11.5 Å². The average molecular weight is 642 g/mol. The normalized spacial score (nSPS) is 29.7. The van der Waals surface area contributed by atoms with Crippen LogP contribution in [0.5, 0.6) is 11.5 Å². The van der Waals surface area contributed by atoms with Gasteiger partial charge in [-0.1, -0.05) is 31.9 Å². The van der Waals surface area contributed by atoms with Crippen LogP contribution in [0.2, 0.25) is 0 Å². The van der Waals surface area contributed by atoms with Crippen LogP contribution in [0, 0.1) is 11.8 Å². The Morgan fingerprint density at radius 3 is 1.47 bits per heavy atom. The van der Waals surface area contributed by atoms with Gasteiger partial charge in [-0.05, 0) is 64.1 Å². The number of fused-ring (bicyclic) bond motifs is 8. The molecule has 0 fully saturated rings. The maximum atomic E-state index is 14.5. The van der Waals surface area contributed by atoms with E-state index in [-0.39, 0.29) is 46.8 Å². The zero-order valence-electron chi connectivity index (χ0n) is 21.4. The predicted molar refractivity (Wildman–Crippen MR) is 146 cm³/mol. The van der Waals surface area contributed by atoms with Crippen LogP contribution in [0.3, 0.4) is 0 Å². The third-order valence-electron chi connectivity index (χ3n) is 8.78. The number of ketones is 2. The van der Waals surface area contributed by atoms with Gasteiger partial charge in [0.2, 0.25) is 11.6 Å². The van der Waals surface area contributed by atoms with Crippen LogP contribution in [0.4, 0.5) is 0 Å². The lowest BCUT2D eigenvalue weighted by Gasteiger charge is -2.52. The van der Waals surface area contributed by atoms with Gasteiger partial charge < -0.3 is 18.9 Å². The molecule has 0 saturated carbocycles. The van der Waals surface area contributed by atoms with Gasteiger partial charge in [-0.3, -0.25) is 9.59 Å². The van der Waals surface area contributed by atoms with Crippen molar-refractivity contribution < 1.29 is 28.5 Å². The highest BCUT2D eigenvalue weighted by molar-refractivity contribution is 9.10. The van der Waals surface area contributed by atoms with Crippen LogP contribution in [0.15, 0.2) is 68.0 Å². The second-order valence-corrected chi connectivity index (χ2v) is 13.5. The van der Waals surface area contributed by atoms with Gasteiger partial charge in [0, 0.05) is 43.7 Å². The molecule has 0 N–H and O–H groups in total. The molecule has 5 aliphatic rings. The number of ether oxygens (including phenoxy) is 4. The smallest absolute Gasteiger partial charge is 0.228 e. The van der Waals surface area contributed by atoms with Gasteiger partial charge >= 0.3 is 0 Å². The van der Waals surface area contributed by atoms with E-state index in [2.05, 4.69) is 31.9 Å². The molecule has 196 valence electrons. The van der Waals surface area contributed by atoms with E-state index in [9.17, 15) is 9.59 Å². The van der Waals surface area contributed by atoms with E-state index in [0.717, 1.165) is 20.1 Å². The van der Waals surface area contributed by atoms with Crippen LogP contribution >= 0.6 is 31.9 Å². The first-order chi connectivity index (χ1) is 18.0. The summed E-state index contributed by atoms with van der Waals surface area (Å²) >= 11 is 7.15. The van der Waals surface area contributed by atoms with Crippen LogP contribution in [0.25, 0.3) is 0 Å². The summed E-state index contributed by atoms with van der Waals surface area (Å²) in [6, 6.07) is 11.6. The molecule has 4 heterocycles. The first kappa shape index (κ1) is 24.5. The Morgan fingerprint density at radius 2 is 1.08 bits per heavy atom. The molecule has 6 nitrogen and oxygen atoms in total. The first-order valence-electron chi connectivity index (χ1n) is 12.8. The Labute approximate surface area is 237 Å². The second kappa shape index (κ2) is 7.98. The number of carbonyl (C=O) groups excluding carboxylic acids is 2. The monoisotopic (exact) mass is 640 g/mol. The Balaban J connectivity index is 1.45. The fraction of sp³-hybridized carbons (Fsp3) is 0.400. The summed E-state index contributed by atoms with van der Waals surface area (Å²) in [4.78, 5) is 29.0. The predicted octanol–water partition coefficient (Wildman–Crippen LogP) is 6.37. The van der Waals surface area contributed by atoms with Crippen molar-refractivity contribution >= 4 is 43.4 Å². The molecule has 0 spiro atoms. The van der Waals surface area contributed by atoms with E-state index < -0.39 is 11.2 Å². The molecule has 4 aliphatic heterocycles. The fourth-order valence-corrected chi connectivity index (χ4v) is 7.59. The zero-order valence-corrected chi connectivity index (χ0v) is 24.6. The number of rotatable bonds is 0. The first-order valence-corrected chi connectivity index (χ1v) is 14.4. The lowest BCUT2D eigenvalue weighted by atomic mass is 9.63. The maximum absolute atomic E-state index is 14.5. The minimum atomic E-state index is -0.734. The number of hydrogen-bond donors (Lipinski definition) is 0. The van der Waals surface area contributed by atoms with E-state index in [1.807, 2.05) is 64.1 Å². The van der Waals surface area contributed by atoms with E-state index in [4.69, 9.17) is 18.9 Å². The van der Waals surface area contributed by atoms with Gasteiger partial charge in [0.25, 0.3) is 0 Å². The third kappa shape index (κ3) is 3.28. The summed E-state index contributed by atoms with van der Waals surface area (Å²) in [5.74, 6) is 0.111. The molecular weight excluding hydrogens is 616 g/mol. The van der Waals surface area contributed by atoms with Gasteiger partial charge in [-0.25, -0.2) is 0 Å². The molecule has 2 aromatic rings. The Kier molecular flexibility index (Phi) is 5.13.